The van der Waals surface area contributed by atoms with E-state index < -0.39 is 0 Å². The Balaban J connectivity index is 2.21. The average molecular weight is 170 g/mol. The summed E-state index contributed by atoms with van der Waals surface area (Å²) in [4.78, 5) is 11.1. The zero-order chi connectivity index (χ0) is 8.97. The highest BCUT2D eigenvalue weighted by Crippen LogP contribution is 2.26. The fourth-order valence-electron chi connectivity index (χ4n) is 1.82. The molecule has 2 heteroatoms. The lowest BCUT2D eigenvalue weighted by atomic mass is 9.84. The van der Waals surface area contributed by atoms with E-state index in [2.05, 4.69) is 0 Å². The summed E-state index contributed by atoms with van der Waals surface area (Å²) >= 11 is 0. The molecule has 1 aliphatic rings. The van der Waals surface area contributed by atoms with Crippen LogP contribution in [0.3, 0.4) is 0 Å². The van der Waals surface area contributed by atoms with Gasteiger partial charge in [0.25, 0.3) is 0 Å². The molecule has 0 radical (unpaired) electrons. The third-order valence-electron chi connectivity index (χ3n) is 2.73. The lowest BCUT2D eigenvalue weighted by Gasteiger charge is -2.24. The summed E-state index contributed by atoms with van der Waals surface area (Å²) in [7, 11) is 0. The van der Waals surface area contributed by atoms with E-state index in [1.165, 1.54) is 0 Å². The highest BCUT2D eigenvalue weighted by atomic mass is 16.3. The van der Waals surface area contributed by atoms with Crippen LogP contribution < -0.4 is 0 Å². The standard InChI is InChI=1S/C10H18O2/c1-2-9(11)7-8-3-5-10(12)6-4-8/h8,10,12H,2-7H2,1H3. The van der Waals surface area contributed by atoms with Gasteiger partial charge >= 0.3 is 0 Å². The maximum atomic E-state index is 11.1. The van der Waals surface area contributed by atoms with E-state index in [0.29, 0.717) is 18.1 Å². The topological polar surface area (TPSA) is 37.3 Å². The molecule has 2 nitrogen and oxygen atoms in total. The summed E-state index contributed by atoms with van der Waals surface area (Å²) in [5.41, 5.74) is 0. The predicted octanol–water partition coefficient (Wildman–Crippen LogP) is 1.91. The van der Waals surface area contributed by atoms with E-state index in [-0.39, 0.29) is 6.10 Å². The first-order valence-electron chi connectivity index (χ1n) is 4.92. The SMILES string of the molecule is CCC(=O)CC1CCC(O)CC1. The zero-order valence-electron chi connectivity index (χ0n) is 7.75. The van der Waals surface area contributed by atoms with Crippen LogP contribution in [-0.4, -0.2) is 17.0 Å². The molecule has 0 bridgehead atoms. The molecule has 0 unspecified atom stereocenters. The van der Waals surface area contributed by atoms with Gasteiger partial charge in [0, 0.05) is 12.8 Å². The Morgan fingerprint density at radius 3 is 2.42 bits per heavy atom. The molecule has 0 aromatic heterocycles. The molecular weight excluding hydrogens is 152 g/mol. The van der Waals surface area contributed by atoms with Gasteiger partial charge in [0.15, 0.2) is 0 Å². The Bertz CT molecular complexity index is 146. The molecule has 0 saturated heterocycles. The van der Waals surface area contributed by atoms with Crippen molar-refractivity contribution in [3.8, 4) is 0 Å². The minimum Gasteiger partial charge on any atom is -0.393 e. The molecule has 0 spiro atoms. The normalized spacial score (nSPS) is 30.2. The van der Waals surface area contributed by atoms with Crippen LogP contribution in [0.1, 0.15) is 45.4 Å². The van der Waals surface area contributed by atoms with E-state index in [1.807, 2.05) is 6.92 Å². The van der Waals surface area contributed by atoms with Gasteiger partial charge in [-0.25, -0.2) is 0 Å². The smallest absolute Gasteiger partial charge is 0.132 e. The van der Waals surface area contributed by atoms with Crippen molar-refractivity contribution in [3.63, 3.8) is 0 Å². The molecule has 0 amide bonds. The van der Waals surface area contributed by atoms with E-state index in [0.717, 1.165) is 32.1 Å². The van der Waals surface area contributed by atoms with Crippen LogP contribution >= 0.6 is 0 Å². The first-order chi connectivity index (χ1) is 5.72. The Kier molecular flexibility index (Phi) is 3.73. The number of carbonyl (C=O) groups is 1. The quantitative estimate of drug-likeness (QED) is 0.702. The Morgan fingerprint density at radius 1 is 1.33 bits per heavy atom. The van der Waals surface area contributed by atoms with Crippen LogP contribution in [0.15, 0.2) is 0 Å². The summed E-state index contributed by atoms with van der Waals surface area (Å²) in [6.07, 6.45) is 5.16. The van der Waals surface area contributed by atoms with Gasteiger partial charge in [0.1, 0.15) is 5.78 Å². The van der Waals surface area contributed by atoms with Crippen molar-refractivity contribution < 1.29 is 9.90 Å². The summed E-state index contributed by atoms with van der Waals surface area (Å²) in [6.45, 7) is 1.92. The highest BCUT2D eigenvalue weighted by Gasteiger charge is 2.20. The Morgan fingerprint density at radius 2 is 1.92 bits per heavy atom. The average Bonchev–Trinajstić information content (AvgIpc) is 2.09. The van der Waals surface area contributed by atoms with Crippen molar-refractivity contribution in [2.75, 3.05) is 0 Å². The number of hydrogen-bond acceptors (Lipinski definition) is 2. The van der Waals surface area contributed by atoms with Gasteiger partial charge in [-0.2, -0.15) is 0 Å². The van der Waals surface area contributed by atoms with Crippen LogP contribution in [0.4, 0.5) is 0 Å². The van der Waals surface area contributed by atoms with Crippen LogP contribution in [0.5, 0.6) is 0 Å². The number of hydrogen-bond donors (Lipinski definition) is 1. The molecule has 0 heterocycles. The second kappa shape index (κ2) is 4.61. The minimum atomic E-state index is -0.0991. The van der Waals surface area contributed by atoms with Crippen LogP contribution in [0.2, 0.25) is 0 Å². The van der Waals surface area contributed by atoms with Gasteiger partial charge in [-0.05, 0) is 31.6 Å². The monoisotopic (exact) mass is 170 g/mol. The van der Waals surface area contributed by atoms with Gasteiger partial charge in [-0.1, -0.05) is 6.92 Å². The van der Waals surface area contributed by atoms with Crippen molar-refractivity contribution in [1.29, 1.82) is 0 Å². The zero-order valence-corrected chi connectivity index (χ0v) is 7.75. The summed E-state index contributed by atoms with van der Waals surface area (Å²) in [5, 5.41) is 9.23. The summed E-state index contributed by atoms with van der Waals surface area (Å²) < 4.78 is 0. The highest BCUT2D eigenvalue weighted by molar-refractivity contribution is 5.78. The lowest BCUT2D eigenvalue weighted by molar-refractivity contribution is -0.120. The Hall–Kier alpha value is -0.370. The molecule has 0 aliphatic heterocycles. The molecule has 1 rings (SSSR count). The number of aliphatic hydroxyl groups excluding tert-OH is 1. The fourth-order valence-corrected chi connectivity index (χ4v) is 1.82. The predicted molar refractivity (Wildman–Crippen MR) is 47.9 cm³/mol. The molecule has 12 heavy (non-hydrogen) atoms. The van der Waals surface area contributed by atoms with Gasteiger partial charge in [0.05, 0.1) is 6.10 Å². The first-order valence-corrected chi connectivity index (χ1v) is 4.92. The number of aliphatic hydroxyl groups is 1. The Labute approximate surface area is 74.0 Å². The summed E-state index contributed by atoms with van der Waals surface area (Å²) in [5.74, 6) is 0.928. The third kappa shape index (κ3) is 2.94. The second-order valence-corrected chi connectivity index (χ2v) is 3.77. The first kappa shape index (κ1) is 9.72. The van der Waals surface area contributed by atoms with Gasteiger partial charge < -0.3 is 5.11 Å². The van der Waals surface area contributed by atoms with Crippen molar-refractivity contribution >= 4 is 5.78 Å². The fraction of sp³-hybridized carbons (Fsp3) is 0.900. The maximum Gasteiger partial charge on any atom is 0.132 e. The molecule has 0 aromatic carbocycles. The van der Waals surface area contributed by atoms with E-state index in [1.54, 1.807) is 0 Å². The van der Waals surface area contributed by atoms with Crippen molar-refractivity contribution in [2.45, 2.75) is 51.6 Å². The van der Waals surface area contributed by atoms with E-state index in [4.69, 9.17) is 0 Å². The molecule has 1 saturated carbocycles. The molecular formula is C10H18O2. The van der Waals surface area contributed by atoms with E-state index >= 15 is 0 Å². The second-order valence-electron chi connectivity index (χ2n) is 3.77. The van der Waals surface area contributed by atoms with Crippen molar-refractivity contribution in [1.82, 2.24) is 0 Å². The summed E-state index contributed by atoms with van der Waals surface area (Å²) in [6, 6.07) is 0. The minimum absolute atomic E-state index is 0.0991. The third-order valence-corrected chi connectivity index (χ3v) is 2.73. The van der Waals surface area contributed by atoms with Crippen LogP contribution in [0.25, 0.3) is 0 Å². The van der Waals surface area contributed by atoms with Crippen molar-refractivity contribution in [2.24, 2.45) is 5.92 Å². The molecule has 1 fully saturated rings. The van der Waals surface area contributed by atoms with Crippen molar-refractivity contribution in [3.05, 3.63) is 0 Å². The molecule has 0 atom stereocenters. The van der Waals surface area contributed by atoms with E-state index in [9.17, 15) is 9.90 Å². The lowest BCUT2D eigenvalue weighted by Crippen LogP contribution is -2.20. The molecule has 70 valence electrons. The van der Waals surface area contributed by atoms with Gasteiger partial charge in [0.2, 0.25) is 0 Å². The number of ketones is 1. The number of Topliss-reactive ketones (excluding diaryl/α,β-unsaturated/α-hetero) is 1. The largest absolute Gasteiger partial charge is 0.393 e. The number of rotatable bonds is 3. The van der Waals surface area contributed by atoms with Gasteiger partial charge in [-0.15, -0.1) is 0 Å². The molecule has 1 N–H and O–H groups in total. The van der Waals surface area contributed by atoms with Crippen LogP contribution in [-0.2, 0) is 4.79 Å². The molecule has 0 aromatic rings. The molecule has 1 aliphatic carbocycles. The number of carbonyl (C=O) groups excluding carboxylic acids is 1. The maximum absolute atomic E-state index is 11.1. The van der Waals surface area contributed by atoms with Crippen LogP contribution in [0, 0.1) is 5.92 Å². The van der Waals surface area contributed by atoms with Gasteiger partial charge in [-0.3, -0.25) is 4.79 Å².